The van der Waals surface area contributed by atoms with Gasteiger partial charge in [0.15, 0.2) is 0 Å². The van der Waals surface area contributed by atoms with E-state index in [4.69, 9.17) is 0 Å². The Morgan fingerprint density at radius 2 is 0.500 bits per heavy atom. The maximum absolute atomic E-state index is 0. The average Bonchev–Trinajstić information content (AvgIpc) is 0. The maximum Gasteiger partial charge on any atom is 0 e. The molecule has 0 saturated heterocycles. The molecule has 0 aromatic rings. The van der Waals surface area contributed by atoms with Crippen molar-refractivity contribution in [2.24, 2.45) is 0 Å². The van der Waals surface area contributed by atoms with E-state index in [-0.39, 0.29) is 107 Å². The van der Waals surface area contributed by atoms with Gasteiger partial charge in [0.1, 0.15) is 0 Å². The third-order valence-electron chi connectivity index (χ3n) is 0. The van der Waals surface area contributed by atoms with Crippen molar-refractivity contribution in [3.63, 3.8) is 0 Å². The monoisotopic (exact) mass is 112 g/mol. The average molecular weight is 113 g/mol. The molecule has 0 aromatic carbocycles. The minimum Gasteiger partial charge on any atom is 0 e. The molecular formula is CaMg3. The van der Waals surface area contributed by atoms with E-state index in [2.05, 4.69) is 0 Å². The Bertz CT molecular complexity index is 3.25. The van der Waals surface area contributed by atoms with Gasteiger partial charge in [0.05, 0.1) is 0 Å². The zero-order chi connectivity index (χ0) is 0. The summed E-state index contributed by atoms with van der Waals surface area (Å²) in [6.07, 6.45) is 0. The molecular weight excluding hydrogens is 113 g/mol. The summed E-state index contributed by atoms with van der Waals surface area (Å²) in [4.78, 5) is 0. The molecule has 0 N–H and O–H groups in total. The minimum absolute atomic E-state index is 0. The van der Waals surface area contributed by atoms with Crippen LogP contribution in [0.5, 0.6) is 0 Å². The number of hydrogen-bond acceptors (Lipinski definition) is 0. The van der Waals surface area contributed by atoms with E-state index in [0.717, 1.165) is 0 Å². The van der Waals surface area contributed by atoms with Crippen LogP contribution in [-0.4, -0.2) is 107 Å². The molecule has 0 aliphatic heterocycles. The molecule has 0 nitrogen and oxygen atoms in total. The van der Waals surface area contributed by atoms with Gasteiger partial charge in [0, 0.05) is 107 Å². The molecule has 0 fully saturated rings. The summed E-state index contributed by atoms with van der Waals surface area (Å²) in [6.45, 7) is 0. The van der Waals surface area contributed by atoms with Crippen LogP contribution < -0.4 is 0 Å². The van der Waals surface area contributed by atoms with Crippen LogP contribution in [0.15, 0.2) is 0 Å². The van der Waals surface area contributed by atoms with E-state index in [1.54, 1.807) is 0 Å². The molecule has 0 spiro atoms. The fourth-order valence-electron chi connectivity index (χ4n) is 0. The molecule has 0 heterocycles. The topological polar surface area (TPSA) is 0 Å². The van der Waals surface area contributed by atoms with E-state index in [0.29, 0.717) is 0 Å². The molecule has 4 heavy (non-hydrogen) atoms. The van der Waals surface area contributed by atoms with Crippen molar-refractivity contribution in [2.45, 2.75) is 0 Å². The van der Waals surface area contributed by atoms with Gasteiger partial charge in [-0.3, -0.25) is 0 Å². The first-order valence-corrected chi connectivity index (χ1v) is 0. The van der Waals surface area contributed by atoms with Crippen molar-refractivity contribution >= 4 is 107 Å². The Kier molecular flexibility index (Phi) is 103. The normalized spacial score (nSPS) is 0. The van der Waals surface area contributed by atoms with E-state index in [1.165, 1.54) is 0 Å². The van der Waals surface area contributed by atoms with Gasteiger partial charge in [-0.05, 0) is 0 Å². The van der Waals surface area contributed by atoms with Crippen LogP contribution >= 0.6 is 0 Å². The molecule has 0 unspecified atom stereocenters. The third-order valence-corrected chi connectivity index (χ3v) is 0. The van der Waals surface area contributed by atoms with Gasteiger partial charge in [-0.2, -0.15) is 0 Å². The molecule has 0 saturated carbocycles. The standard InChI is InChI=1S/Ca.3Mg. The molecule has 0 rings (SSSR count). The molecule has 0 aromatic heterocycles. The van der Waals surface area contributed by atoms with Crippen molar-refractivity contribution < 1.29 is 0 Å². The second-order valence-corrected chi connectivity index (χ2v) is 0. The summed E-state index contributed by atoms with van der Waals surface area (Å²) in [5.41, 5.74) is 0. The zero-order valence-corrected chi connectivity index (χ0v) is 9.28. The predicted octanol–water partition coefficient (Wildman–Crippen LogP) is -1.52. The third kappa shape index (κ3) is 9.12. The summed E-state index contributed by atoms with van der Waals surface area (Å²) in [7, 11) is 0. The maximum atomic E-state index is 0. The quantitative estimate of drug-likeness (QED) is 0.334. The molecule has 0 aliphatic carbocycles. The van der Waals surface area contributed by atoms with E-state index < -0.39 is 0 Å². The Hall–Kier alpha value is 3.56. The van der Waals surface area contributed by atoms with Crippen LogP contribution in [0.3, 0.4) is 0 Å². The molecule has 0 atom stereocenters. The predicted molar refractivity (Wildman–Crippen MR) is 23.0 cm³/mol. The first-order chi connectivity index (χ1) is 0. The van der Waals surface area contributed by atoms with E-state index in [9.17, 15) is 0 Å². The molecule has 0 bridgehead atoms. The molecule has 0 amide bonds. The van der Waals surface area contributed by atoms with E-state index in [1.807, 2.05) is 0 Å². The molecule has 8 valence electrons. The summed E-state index contributed by atoms with van der Waals surface area (Å²) in [6, 6.07) is 0. The van der Waals surface area contributed by atoms with Gasteiger partial charge in [0.2, 0.25) is 0 Å². The fourth-order valence-corrected chi connectivity index (χ4v) is 0. The molecule has 0 aliphatic rings. The zero-order valence-electron chi connectivity index (χ0n) is 2.83. The van der Waals surface area contributed by atoms with Crippen molar-refractivity contribution in [3.8, 4) is 0 Å². The molecule has 8 radical (unpaired) electrons. The Balaban J connectivity index is 0. The number of hydrogen-bond donors (Lipinski definition) is 0. The van der Waals surface area contributed by atoms with Crippen LogP contribution in [0, 0.1) is 0 Å². The summed E-state index contributed by atoms with van der Waals surface area (Å²) in [5.74, 6) is 0. The summed E-state index contributed by atoms with van der Waals surface area (Å²) >= 11 is 0. The van der Waals surface area contributed by atoms with Gasteiger partial charge in [0.25, 0.3) is 0 Å². The Labute approximate surface area is 104 Å². The van der Waals surface area contributed by atoms with Gasteiger partial charge >= 0.3 is 0 Å². The van der Waals surface area contributed by atoms with Crippen LogP contribution in [0.1, 0.15) is 0 Å². The van der Waals surface area contributed by atoms with Gasteiger partial charge < -0.3 is 0 Å². The smallest absolute Gasteiger partial charge is 0 e. The summed E-state index contributed by atoms with van der Waals surface area (Å²) in [5, 5.41) is 0. The Morgan fingerprint density at radius 1 is 0.500 bits per heavy atom. The van der Waals surface area contributed by atoms with Crippen molar-refractivity contribution in [1.82, 2.24) is 0 Å². The second kappa shape index (κ2) is 16.0. The van der Waals surface area contributed by atoms with Crippen LogP contribution in [0.25, 0.3) is 0 Å². The fraction of sp³-hybridized carbons (Fsp3) is 0. The second-order valence-electron chi connectivity index (χ2n) is 0. The first kappa shape index (κ1) is 25.7. The van der Waals surface area contributed by atoms with Crippen LogP contribution in [0.2, 0.25) is 0 Å². The van der Waals surface area contributed by atoms with Gasteiger partial charge in [-0.1, -0.05) is 0 Å². The SMILES string of the molecule is [Ca].[Mg].[Mg].[Mg]. The van der Waals surface area contributed by atoms with Gasteiger partial charge in [-0.25, -0.2) is 0 Å². The van der Waals surface area contributed by atoms with Crippen molar-refractivity contribution in [1.29, 1.82) is 0 Å². The molecule has 4 heteroatoms. The van der Waals surface area contributed by atoms with Crippen LogP contribution in [-0.2, 0) is 0 Å². The van der Waals surface area contributed by atoms with Crippen molar-refractivity contribution in [3.05, 3.63) is 0 Å². The minimum atomic E-state index is 0. The summed E-state index contributed by atoms with van der Waals surface area (Å²) < 4.78 is 0. The van der Waals surface area contributed by atoms with Gasteiger partial charge in [-0.15, -0.1) is 0 Å². The number of rotatable bonds is 0. The largest absolute Gasteiger partial charge is 0 e. The Morgan fingerprint density at radius 3 is 0.500 bits per heavy atom. The van der Waals surface area contributed by atoms with Crippen molar-refractivity contribution in [2.75, 3.05) is 0 Å². The van der Waals surface area contributed by atoms with E-state index >= 15 is 0 Å². The van der Waals surface area contributed by atoms with Crippen LogP contribution in [0.4, 0.5) is 0 Å². The first-order valence-electron chi connectivity index (χ1n) is 0.